The smallest absolute Gasteiger partial charge is 0.183 e. The molecule has 3 atom stereocenters. The maximum absolute atomic E-state index is 8.86. The lowest BCUT2D eigenvalue weighted by Crippen LogP contribution is -2.44. The first-order valence-electron chi connectivity index (χ1n) is 2.87. The van der Waals surface area contributed by atoms with Gasteiger partial charge >= 0.3 is 0 Å². The fourth-order valence-corrected chi connectivity index (χ4v) is 0.769. The van der Waals surface area contributed by atoms with Gasteiger partial charge in [-0.3, -0.25) is 0 Å². The summed E-state index contributed by atoms with van der Waals surface area (Å²) in [4.78, 5) is 0. The van der Waals surface area contributed by atoms with E-state index in [1.165, 1.54) is 0 Å². The molecule has 1 saturated heterocycles. The Morgan fingerprint density at radius 3 is 2.33 bits per heavy atom. The van der Waals surface area contributed by atoms with E-state index in [2.05, 4.69) is 4.74 Å². The lowest BCUT2D eigenvalue weighted by Gasteiger charge is -2.27. The molecule has 0 aromatic carbocycles. The van der Waals surface area contributed by atoms with E-state index < -0.39 is 18.5 Å². The molecule has 1 aliphatic rings. The van der Waals surface area contributed by atoms with Gasteiger partial charge in [0.15, 0.2) is 6.29 Å². The summed E-state index contributed by atoms with van der Waals surface area (Å²) in [6.07, 6.45) is -2.81. The normalized spacial score (nSPS) is 45.0. The molecule has 0 aromatic heterocycles. The first-order chi connectivity index (χ1) is 4.22. The molecule has 4 heteroatoms. The Hall–Kier alpha value is -0.160. The monoisotopic (exact) mass is 134 g/mol. The highest BCUT2D eigenvalue weighted by Crippen LogP contribution is 2.11. The fraction of sp³-hybridized carbons (Fsp3) is 1.00. The topological polar surface area (TPSA) is 69.9 Å². The van der Waals surface area contributed by atoms with Crippen LogP contribution in [0.1, 0.15) is 6.42 Å². The molecule has 54 valence electrons. The van der Waals surface area contributed by atoms with E-state index in [-0.39, 0.29) is 0 Å². The van der Waals surface area contributed by atoms with Crippen LogP contribution < -0.4 is 0 Å². The molecule has 1 aliphatic heterocycles. The van der Waals surface area contributed by atoms with Crippen molar-refractivity contribution in [3.63, 3.8) is 0 Å². The third-order valence-electron chi connectivity index (χ3n) is 1.39. The number of aliphatic hydroxyl groups is 3. The van der Waals surface area contributed by atoms with Crippen molar-refractivity contribution in [2.45, 2.75) is 24.9 Å². The molecular formula is C5H10O4. The van der Waals surface area contributed by atoms with Gasteiger partial charge in [0.25, 0.3) is 0 Å². The predicted molar refractivity (Wildman–Crippen MR) is 28.6 cm³/mol. The summed E-state index contributed by atoms with van der Waals surface area (Å²) in [5, 5.41) is 26.4. The average Bonchev–Trinajstić information content (AvgIpc) is 1.83. The van der Waals surface area contributed by atoms with Crippen LogP contribution >= 0.6 is 0 Å². The number of ether oxygens (including phenoxy) is 1. The average molecular weight is 134 g/mol. The Balaban J connectivity index is 2.41. The zero-order valence-electron chi connectivity index (χ0n) is 4.90. The number of hydrogen-bond acceptors (Lipinski definition) is 4. The van der Waals surface area contributed by atoms with E-state index in [4.69, 9.17) is 15.3 Å². The van der Waals surface area contributed by atoms with E-state index in [0.717, 1.165) is 0 Å². The summed E-state index contributed by atoms with van der Waals surface area (Å²) in [6, 6.07) is 0. The van der Waals surface area contributed by atoms with Gasteiger partial charge in [0.05, 0.1) is 12.7 Å². The van der Waals surface area contributed by atoms with Crippen LogP contribution in [0.25, 0.3) is 0 Å². The van der Waals surface area contributed by atoms with Gasteiger partial charge in [-0.05, 0) is 6.42 Å². The fourth-order valence-electron chi connectivity index (χ4n) is 0.769. The molecular weight excluding hydrogens is 124 g/mol. The highest BCUT2D eigenvalue weighted by atomic mass is 16.6. The lowest BCUT2D eigenvalue weighted by molar-refractivity contribution is -0.219. The summed E-state index contributed by atoms with van der Waals surface area (Å²) < 4.78 is 4.61. The van der Waals surface area contributed by atoms with E-state index in [9.17, 15) is 0 Å². The molecule has 0 aromatic rings. The molecule has 3 N–H and O–H groups in total. The molecule has 2 unspecified atom stereocenters. The highest BCUT2D eigenvalue weighted by molar-refractivity contribution is 4.73. The first kappa shape index (κ1) is 6.95. The molecule has 0 aliphatic carbocycles. The summed E-state index contributed by atoms with van der Waals surface area (Å²) in [5.41, 5.74) is 0. The third-order valence-corrected chi connectivity index (χ3v) is 1.39. The van der Waals surface area contributed by atoms with Crippen molar-refractivity contribution in [2.75, 3.05) is 6.61 Å². The Kier molecular flexibility index (Phi) is 2.02. The standard InChI is InChI=1S/C5H10O4/c6-3-1-2-9-5(8)4(3)7/h3-8H,1-2H2/t3?,4-,5?/m1/s1. The summed E-state index contributed by atoms with van der Waals surface area (Å²) >= 11 is 0. The van der Waals surface area contributed by atoms with Crippen molar-refractivity contribution < 1.29 is 20.1 Å². The molecule has 0 spiro atoms. The van der Waals surface area contributed by atoms with Gasteiger partial charge in [0.1, 0.15) is 6.10 Å². The maximum atomic E-state index is 8.86. The number of aliphatic hydroxyl groups excluding tert-OH is 3. The zero-order chi connectivity index (χ0) is 6.85. The van der Waals surface area contributed by atoms with Gasteiger partial charge in [0.2, 0.25) is 0 Å². The Morgan fingerprint density at radius 1 is 1.22 bits per heavy atom. The minimum Gasteiger partial charge on any atom is -0.390 e. The number of hydrogen-bond donors (Lipinski definition) is 3. The van der Waals surface area contributed by atoms with Crippen LogP contribution in [0.5, 0.6) is 0 Å². The van der Waals surface area contributed by atoms with Crippen LogP contribution in [0.2, 0.25) is 0 Å². The van der Waals surface area contributed by atoms with Crippen molar-refractivity contribution >= 4 is 0 Å². The second kappa shape index (κ2) is 2.62. The maximum Gasteiger partial charge on any atom is 0.183 e. The van der Waals surface area contributed by atoms with Crippen molar-refractivity contribution in [2.24, 2.45) is 0 Å². The van der Waals surface area contributed by atoms with E-state index in [0.29, 0.717) is 13.0 Å². The van der Waals surface area contributed by atoms with Crippen molar-refractivity contribution in [3.05, 3.63) is 0 Å². The largest absolute Gasteiger partial charge is 0.390 e. The molecule has 9 heavy (non-hydrogen) atoms. The summed E-state index contributed by atoms with van der Waals surface area (Å²) in [6.45, 7) is 0.305. The van der Waals surface area contributed by atoms with Crippen molar-refractivity contribution in [1.82, 2.24) is 0 Å². The summed E-state index contributed by atoms with van der Waals surface area (Å²) in [5.74, 6) is 0. The second-order valence-corrected chi connectivity index (χ2v) is 2.11. The minimum atomic E-state index is -1.21. The van der Waals surface area contributed by atoms with Crippen LogP contribution in [0.3, 0.4) is 0 Å². The van der Waals surface area contributed by atoms with Gasteiger partial charge in [0, 0.05) is 0 Å². The predicted octanol–water partition coefficient (Wildman–Crippen LogP) is -1.55. The summed E-state index contributed by atoms with van der Waals surface area (Å²) in [7, 11) is 0. The molecule has 0 radical (unpaired) electrons. The van der Waals surface area contributed by atoms with Crippen LogP contribution in [0.15, 0.2) is 0 Å². The molecule has 0 bridgehead atoms. The van der Waals surface area contributed by atoms with E-state index in [1.807, 2.05) is 0 Å². The molecule has 1 heterocycles. The lowest BCUT2D eigenvalue weighted by atomic mass is 10.1. The van der Waals surface area contributed by atoms with Crippen molar-refractivity contribution in [1.29, 1.82) is 0 Å². The van der Waals surface area contributed by atoms with Crippen LogP contribution in [0, 0.1) is 0 Å². The van der Waals surface area contributed by atoms with Crippen LogP contribution in [-0.4, -0.2) is 40.4 Å². The van der Waals surface area contributed by atoms with Gasteiger partial charge in [-0.25, -0.2) is 0 Å². The molecule has 0 amide bonds. The van der Waals surface area contributed by atoms with E-state index in [1.54, 1.807) is 0 Å². The quantitative estimate of drug-likeness (QED) is 0.375. The highest BCUT2D eigenvalue weighted by Gasteiger charge is 2.29. The van der Waals surface area contributed by atoms with E-state index >= 15 is 0 Å². The third kappa shape index (κ3) is 1.40. The Morgan fingerprint density at radius 2 is 1.89 bits per heavy atom. The zero-order valence-corrected chi connectivity index (χ0v) is 4.90. The molecule has 1 rings (SSSR count). The molecule has 1 fully saturated rings. The first-order valence-corrected chi connectivity index (χ1v) is 2.87. The Labute approximate surface area is 52.7 Å². The second-order valence-electron chi connectivity index (χ2n) is 2.11. The molecule has 4 nitrogen and oxygen atoms in total. The van der Waals surface area contributed by atoms with Gasteiger partial charge in [-0.1, -0.05) is 0 Å². The minimum absolute atomic E-state index is 0.305. The Bertz CT molecular complexity index is 85.0. The SMILES string of the molecule is OC1CCOC(O)[C@@H]1O. The van der Waals surface area contributed by atoms with Gasteiger partial charge in [-0.15, -0.1) is 0 Å². The van der Waals surface area contributed by atoms with Gasteiger partial charge in [-0.2, -0.15) is 0 Å². The van der Waals surface area contributed by atoms with Crippen LogP contribution in [0.4, 0.5) is 0 Å². The number of rotatable bonds is 0. The molecule has 0 saturated carbocycles. The van der Waals surface area contributed by atoms with Crippen molar-refractivity contribution in [3.8, 4) is 0 Å². The van der Waals surface area contributed by atoms with Crippen LogP contribution in [-0.2, 0) is 4.74 Å². The van der Waals surface area contributed by atoms with Gasteiger partial charge < -0.3 is 20.1 Å².